The summed E-state index contributed by atoms with van der Waals surface area (Å²) in [6.07, 6.45) is 0. The lowest BCUT2D eigenvalue weighted by Crippen LogP contribution is -2.43. The summed E-state index contributed by atoms with van der Waals surface area (Å²) in [7, 11) is 1.39. The highest BCUT2D eigenvalue weighted by atomic mass is 19.1. The van der Waals surface area contributed by atoms with Gasteiger partial charge in [-0.3, -0.25) is 4.79 Å². The number of carbonyl (C=O) groups excluding carboxylic acids is 2. The highest BCUT2D eigenvalue weighted by Gasteiger charge is 2.29. The lowest BCUT2D eigenvalue weighted by atomic mass is 10.1. The summed E-state index contributed by atoms with van der Waals surface area (Å²) in [6.45, 7) is 6.66. The first-order valence-corrected chi connectivity index (χ1v) is 6.51. The highest BCUT2D eigenvalue weighted by Crippen LogP contribution is 2.21. The van der Waals surface area contributed by atoms with Crippen molar-refractivity contribution in [1.82, 2.24) is 4.90 Å². The van der Waals surface area contributed by atoms with Crippen molar-refractivity contribution in [3.63, 3.8) is 0 Å². The zero-order chi connectivity index (χ0) is 16.4. The van der Waals surface area contributed by atoms with E-state index in [0.29, 0.717) is 0 Å². The number of hydrogen-bond donors (Lipinski definition) is 1. The van der Waals surface area contributed by atoms with Gasteiger partial charge >= 0.3 is 5.97 Å². The van der Waals surface area contributed by atoms with Crippen molar-refractivity contribution in [2.24, 2.45) is 0 Å². The van der Waals surface area contributed by atoms with E-state index in [9.17, 15) is 19.1 Å². The average molecular weight is 297 g/mol. The van der Waals surface area contributed by atoms with Gasteiger partial charge < -0.3 is 14.7 Å². The predicted octanol–water partition coefficient (Wildman–Crippen LogP) is 2.33. The van der Waals surface area contributed by atoms with E-state index >= 15 is 0 Å². The van der Waals surface area contributed by atoms with Crippen LogP contribution in [0.25, 0.3) is 0 Å². The summed E-state index contributed by atoms with van der Waals surface area (Å²) in [5, 5.41) is 9.63. The molecule has 0 aliphatic heterocycles. The van der Waals surface area contributed by atoms with E-state index in [1.54, 1.807) is 20.8 Å². The van der Waals surface area contributed by atoms with Crippen molar-refractivity contribution in [1.29, 1.82) is 0 Å². The number of hydrogen-bond acceptors (Lipinski definition) is 4. The first-order chi connectivity index (χ1) is 9.53. The van der Waals surface area contributed by atoms with Gasteiger partial charge in [-0.05, 0) is 45.9 Å². The second-order valence-electron chi connectivity index (χ2n) is 5.79. The third-order valence-electron chi connectivity index (χ3n) is 2.84. The molecule has 116 valence electrons. The molecule has 1 aromatic rings. The van der Waals surface area contributed by atoms with Gasteiger partial charge in [-0.2, -0.15) is 0 Å². The highest BCUT2D eigenvalue weighted by molar-refractivity contribution is 5.98. The summed E-state index contributed by atoms with van der Waals surface area (Å²) in [4.78, 5) is 25.3. The molecule has 1 N–H and O–H groups in total. The van der Waals surface area contributed by atoms with Gasteiger partial charge in [-0.25, -0.2) is 9.18 Å². The molecule has 0 saturated carbocycles. The second kappa shape index (κ2) is 6.11. The number of phenols is 1. The van der Waals surface area contributed by atoms with E-state index < -0.39 is 29.3 Å². The third kappa shape index (κ3) is 4.44. The van der Waals surface area contributed by atoms with E-state index in [0.717, 1.165) is 23.1 Å². The summed E-state index contributed by atoms with van der Waals surface area (Å²) >= 11 is 0. The topological polar surface area (TPSA) is 66.8 Å². The molecule has 0 aromatic heterocycles. The zero-order valence-electron chi connectivity index (χ0n) is 12.8. The fourth-order valence-corrected chi connectivity index (χ4v) is 1.59. The van der Waals surface area contributed by atoms with Crippen LogP contribution in [0.3, 0.4) is 0 Å². The van der Waals surface area contributed by atoms with E-state index in [2.05, 4.69) is 0 Å². The molecule has 5 nitrogen and oxygen atoms in total. The summed E-state index contributed by atoms with van der Waals surface area (Å²) in [6, 6.07) is 2.20. The minimum atomic E-state index is -0.862. The number of benzene rings is 1. The van der Waals surface area contributed by atoms with Gasteiger partial charge in [-0.1, -0.05) is 0 Å². The average Bonchev–Trinajstić information content (AvgIpc) is 2.37. The van der Waals surface area contributed by atoms with Crippen molar-refractivity contribution >= 4 is 11.9 Å². The number of ether oxygens (including phenoxy) is 1. The molecule has 0 radical (unpaired) electrons. The molecule has 0 spiro atoms. The van der Waals surface area contributed by atoms with Crippen molar-refractivity contribution in [3.05, 3.63) is 29.6 Å². The van der Waals surface area contributed by atoms with Gasteiger partial charge in [0, 0.05) is 7.05 Å². The molecule has 0 aliphatic rings. The van der Waals surface area contributed by atoms with Crippen LogP contribution in [0.5, 0.6) is 5.75 Å². The summed E-state index contributed by atoms with van der Waals surface area (Å²) in [5.74, 6) is -2.22. The molecule has 0 bridgehead atoms. The number of aromatic hydroxyl groups is 1. The number of halogens is 1. The smallest absolute Gasteiger partial charge is 0.329 e. The molecular formula is C15H20FNO4. The Bertz CT molecular complexity index is 551. The van der Waals surface area contributed by atoms with Crippen LogP contribution in [0.4, 0.5) is 4.39 Å². The van der Waals surface area contributed by atoms with Crippen LogP contribution in [0.15, 0.2) is 18.2 Å². The molecule has 21 heavy (non-hydrogen) atoms. The van der Waals surface area contributed by atoms with E-state index in [1.165, 1.54) is 14.0 Å². The van der Waals surface area contributed by atoms with Gasteiger partial charge in [0.05, 0.1) is 5.56 Å². The number of rotatable bonds is 3. The van der Waals surface area contributed by atoms with Crippen LogP contribution in [0, 0.1) is 5.82 Å². The Morgan fingerprint density at radius 2 is 1.90 bits per heavy atom. The number of likely N-dealkylation sites (N-methyl/N-ethyl adjacent to an activating group) is 1. The van der Waals surface area contributed by atoms with Gasteiger partial charge in [0.15, 0.2) is 0 Å². The molecule has 0 aliphatic carbocycles. The number of amides is 1. The Hall–Kier alpha value is -2.11. The molecule has 0 heterocycles. The molecule has 1 atom stereocenters. The maximum Gasteiger partial charge on any atom is 0.329 e. The first kappa shape index (κ1) is 16.9. The molecule has 0 fully saturated rings. The molecule has 1 rings (SSSR count). The van der Waals surface area contributed by atoms with E-state index in [1.807, 2.05) is 0 Å². The zero-order valence-corrected chi connectivity index (χ0v) is 12.8. The Morgan fingerprint density at radius 1 is 1.33 bits per heavy atom. The number of esters is 1. The van der Waals surface area contributed by atoms with Gasteiger partial charge in [0.25, 0.3) is 5.91 Å². The normalized spacial score (nSPS) is 12.7. The molecule has 1 unspecified atom stereocenters. The Balaban J connectivity index is 2.92. The number of carbonyl (C=O) groups is 2. The van der Waals surface area contributed by atoms with Gasteiger partial charge in [-0.15, -0.1) is 0 Å². The summed E-state index contributed by atoms with van der Waals surface area (Å²) < 4.78 is 18.4. The Morgan fingerprint density at radius 3 is 2.43 bits per heavy atom. The van der Waals surface area contributed by atoms with E-state index in [4.69, 9.17) is 4.74 Å². The molecular weight excluding hydrogens is 277 g/mol. The minimum Gasteiger partial charge on any atom is -0.507 e. The molecule has 0 saturated heterocycles. The molecule has 6 heteroatoms. The van der Waals surface area contributed by atoms with Crippen LogP contribution in [-0.2, 0) is 9.53 Å². The fraction of sp³-hybridized carbons (Fsp3) is 0.467. The quantitative estimate of drug-likeness (QED) is 0.870. The van der Waals surface area contributed by atoms with Gasteiger partial charge in [0.1, 0.15) is 23.2 Å². The lowest BCUT2D eigenvalue weighted by molar-refractivity contribution is -0.159. The van der Waals surface area contributed by atoms with Gasteiger partial charge in [0.2, 0.25) is 0 Å². The maximum atomic E-state index is 13.2. The minimum absolute atomic E-state index is 0.201. The second-order valence-corrected chi connectivity index (χ2v) is 5.79. The lowest BCUT2D eigenvalue weighted by Gasteiger charge is -2.27. The van der Waals surface area contributed by atoms with Crippen molar-refractivity contribution in [3.8, 4) is 5.75 Å². The monoisotopic (exact) mass is 297 g/mol. The van der Waals surface area contributed by atoms with Crippen molar-refractivity contribution < 1.29 is 23.8 Å². The van der Waals surface area contributed by atoms with E-state index in [-0.39, 0.29) is 11.3 Å². The largest absolute Gasteiger partial charge is 0.507 e. The van der Waals surface area contributed by atoms with Crippen molar-refractivity contribution in [2.75, 3.05) is 7.05 Å². The molecule has 1 amide bonds. The van der Waals surface area contributed by atoms with Crippen LogP contribution in [-0.4, -0.2) is 40.6 Å². The van der Waals surface area contributed by atoms with Crippen LogP contribution < -0.4 is 0 Å². The number of phenolic OH excluding ortho intramolecular Hbond substituents is 1. The third-order valence-corrected chi connectivity index (χ3v) is 2.84. The molecule has 1 aromatic carbocycles. The first-order valence-electron chi connectivity index (χ1n) is 6.51. The summed E-state index contributed by atoms with van der Waals surface area (Å²) in [5.41, 5.74) is -0.871. The Kier molecular flexibility index (Phi) is 4.93. The standard InChI is InChI=1S/C15H20FNO4/c1-9(14(20)21-15(2,3)4)17(5)13(19)11-8-10(16)6-7-12(11)18/h6-9,18H,1-5H3. The number of nitrogens with zero attached hydrogens (tertiary/aromatic N) is 1. The predicted molar refractivity (Wildman–Crippen MR) is 75.5 cm³/mol. The SMILES string of the molecule is CC(C(=O)OC(C)(C)C)N(C)C(=O)c1cc(F)ccc1O. The van der Waals surface area contributed by atoms with Crippen LogP contribution in [0.2, 0.25) is 0 Å². The van der Waals surface area contributed by atoms with Crippen molar-refractivity contribution in [2.45, 2.75) is 39.3 Å². The fourth-order valence-electron chi connectivity index (χ4n) is 1.59. The Labute approximate surface area is 123 Å². The maximum absolute atomic E-state index is 13.2. The van der Waals surface area contributed by atoms with Crippen LogP contribution >= 0.6 is 0 Å². The van der Waals surface area contributed by atoms with Crippen LogP contribution in [0.1, 0.15) is 38.1 Å².